The van der Waals surface area contributed by atoms with E-state index in [2.05, 4.69) is 46.9 Å². The molecule has 0 saturated carbocycles. The van der Waals surface area contributed by atoms with Crippen LogP contribution in [-0.2, 0) is 0 Å². The van der Waals surface area contributed by atoms with E-state index in [0.29, 0.717) is 25.2 Å². The number of benzene rings is 1. The van der Waals surface area contributed by atoms with Gasteiger partial charge in [0, 0.05) is 18.7 Å². The van der Waals surface area contributed by atoms with Gasteiger partial charge in [0.05, 0.1) is 6.61 Å². The molecule has 0 unspecified atom stereocenters. The second-order valence-electron chi connectivity index (χ2n) is 7.16. The highest BCUT2D eigenvalue weighted by atomic mass is 16.5. The topological polar surface area (TPSA) is 30.5 Å². The molecule has 21 heavy (non-hydrogen) atoms. The van der Waals surface area contributed by atoms with Gasteiger partial charge in [0.2, 0.25) is 0 Å². The van der Waals surface area contributed by atoms with Gasteiger partial charge in [0.25, 0.3) is 0 Å². The van der Waals surface area contributed by atoms with Gasteiger partial charge in [-0.3, -0.25) is 0 Å². The summed E-state index contributed by atoms with van der Waals surface area (Å²) in [7, 11) is 0. The molecule has 3 nitrogen and oxygen atoms in total. The molecule has 0 radical (unpaired) electrons. The predicted molar refractivity (Wildman–Crippen MR) is 89.2 cm³/mol. The molecule has 1 N–H and O–H groups in total. The van der Waals surface area contributed by atoms with Gasteiger partial charge in [-0.1, -0.05) is 40.7 Å². The molecule has 1 atom stereocenters. The molecule has 0 amide bonds. The summed E-state index contributed by atoms with van der Waals surface area (Å²) in [5.41, 5.74) is 0.160. The molecule has 1 aromatic carbocycles. The van der Waals surface area contributed by atoms with Gasteiger partial charge in [0.1, 0.15) is 18.1 Å². The Labute approximate surface area is 130 Å². The fourth-order valence-corrected chi connectivity index (χ4v) is 1.64. The summed E-state index contributed by atoms with van der Waals surface area (Å²) < 4.78 is 11.6. The lowest BCUT2D eigenvalue weighted by Crippen LogP contribution is -2.33. The zero-order valence-corrected chi connectivity index (χ0v) is 14.4. The lowest BCUT2D eigenvalue weighted by molar-refractivity contribution is 0.197. The number of hydrogen-bond donors (Lipinski definition) is 1. The second kappa shape index (κ2) is 8.28. The molecule has 0 spiro atoms. The largest absolute Gasteiger partial charge is 0.493 e. The van der Waals surface area contributed by atoms with Gasteiger partial charge < -0.3 is 14.8 Å². The van der Waals surface area contributed by atoms with Crippen LogP contribution >= 0.6 is 0 Å². The molecule has 0 aliphatic carbocycles. The van der Waals surface area contributed by atoms with Gasteiger partial charge in [-0.05, 0) is 30.4 Å². The van der Waals surface area contributed by atoms with E-state index in [1.807, 2.05) is 24.3 Å². The summed E-state index contributed by atoms with van der Waals surface area (Å²) in [6.07, 6.45) is 0. The smallest absolute Gasteiger partial charge is 0.123 e. The van der Waals surface area contributed by atoms with Crippen molar-refractivity contribution in [2.75, 3.05) is 19.8 Å². The van der Waals surface area contributed by atoms with E-state index in [9.17, 15) is 0 Å². The standard InChI is InChI=1S/C18H31NO2/c1-14(2)15(3)19-10-11-20-16-8-7-9-17(12-16)21-13-18(4,5)6/h7-9,12,14-15,19H,10-11,13H2,1-6H3/t15-/m1/s1. The van der Waals surface area contributed by atoms with Crippen molar-refractivity contribution in [1.82, 2.24) is 5.32 Å². The molecule has 0 aliphatic rings. The molecule has 0 heterocycles. The molecule has 0 fully saturated rings. The number of hydrogen-bond acceptors (Lipinski definition) is 3. The van der Waals surface area contributed by atoms with Crippen LogP contribution in [0.4, 0.5) is 0 Å². The molecule has 0 aromatic heterocycles. The third-order valence-electron chi connectivity index (χ3n) is 3.31. The minimum absolute atomic E-state index is 0.160. The average molecular weight is 293 g/mol. The molecule has 3 heteroatoms. The fraction of sp³-hybridized carbons (Fsp3) is 0.667. The molecular formula is C18H31NO2. The second-order valence-corrected chi connectivity index (χ2v) is 7.16. The van der Waals surface area contributed by atoms with E-state index in [0.717, 1.165) is 18.0 Å². The monoisotopic (exact) mass is 293 g/mol. The summed E-state index contributed by atoms with van der Waals surface area (Å²) in [6.45, 7) is 15.3. The molecule has 0 bridgehead atoms. The summed E-state index contributed by atoms with van der Waals surface area (Å²) >= 11 is 0. The predicted octanol–water partition coefficient (Wildman–Crippen LogP) is 4.12. The molecule has 0 saturated heterocycles. The highest BCUT2D eigenvalue weighted by Gasteiger charge is 2.11. The third-order valence-corrected chi connectivity index (χ3v) is 3.31. The van der Waals surface area contributed by atoms with Crippen LogP contribution in [0.3, 0.4) is 0 Å². The van der Waals surface area contributed by atoms with Crippen molar-refractivity contribution in [2.24, 2.45) is 11.3 Å². The summed E-state index contributed by atoms with van der Waals surface area (Å²) in [6, 6.07) is 8.37. The fourth-order valence-electron chi connectivity index (χ4n) is 1.64. The quantitative estimate of drug-likeness (QED) is 0.731. The van der Waals surface area contributed by atoms with Crippen LogP contribution in [0, 0.1) is 11.3 Å². The van der Waals surface area contributed by atoms with Crippen LogP contribution in [-0.4, -0.2) is 25.8 Å². The summed E-state index contributed by atoms with van der Waals surface area (Å²) in [5.74, 6) is 2.37. The van der Waals surface area contributed by atoms with Crippen LogP contribution < -0.4 is 14.8 Å². The number of nitrogens with one attached hydrogen (secondary N) is 1. The maximum absolute atomic E-state index is 5.79. The Balaban J connectivity index is 2.36. The van der Waals surface area contributed by atoms with E-state index in [-0.39, 0.29) is 5.41 Å². The van der Waals surface area contributed by atoms with E-state index < -0.39 is 0 Å². The SMILES string of the molecule is CC(C)[C@@H](C)NCCOc1cccc(OCC(C)(C)C)c1. The normalized spacial score (nSPS) is 13.3. The van der Waals surface area contributed by atoms with E-state index in [1.165, 1.54) is 0 Å². The third kappa shape index (κ3) is 7.96. The Kier molecular flexibility index (Phi) is 7.03. The minimum atomic E-state index is 0.160. The van der Waals surface area contributed by atoms with Gasteiger partial charge in [0.15, 0.2) is 0 Å². The van der Waals surface area contributed by atoms with E-state index >= 15 is 0 Å². The van der Waals surface area contributed by atoms with Crippen molar-refractivity contribution in [3.05, 3.63) is 24.3 Å². The van der Waals surface area contributed by atoms with Crippen molar-refractivity contribution < 1.29 is 9.47 Å². The van der Waals surface area contributed by atoms with Gasteiger partial charge in [-0.2, -0.15) is 0 Å². The highest BCUT2D eigenvalue weighted by molar-refractivity contribution is 5.32. The minimum Gasteiger partial charge on any atom is -0.493 e. The number of rotatable bonds is 8. The van der Waals surface area contributed by atoms with Crippen molar-refractivity contribution in [1.29, 1.82) is 0 Å². The lowest BCUT2D eigenvalue weighted by atomic mass is 9.99. The van der Waals surface area contributed by atoms with Crippen LogP contribution in [0.1, 0.15) is 41.5 Å². The summed E-state index contributed by atoms with van der Waals surface area (Å²) in [4.78, 5) is 0. The first-order valence-electron chi connectivity index (χ1n) is 7.87. The van der Waals surface area contributed by atoms with Crippen LogP contribution in [0.2, 0.25) is 0 Å². The lowest BCUT2D eigenvalue weighted by Gasteiger charge is -2.19. The first-order chi connectivity index (χ1) is 9.78. The van der Waals surface area contributed by atoms with E-state index in [1.54, 1.807) is 0 Å². The highest BCUT2D eigenvalue weighted by Crippen LogP contribution is 2.22. The zero-order chi connectivity index (χ0) is 15.9. The van der Waals surface area contributed by atoms with Crippen LogP contribution in [0.25, 0.3) is 0 Å². The summed E-state index contributed by atoms with van der Waals surface area (Å²) in [5, 5.41) is 3.46. The van der Waals surface area contributed by atoms with E-state index in [4.69, 9.17) is 9.47 Å². The van der Waals surface area contributed by atoms with Crippen LogP contribution in [0.5, 0.6) is 11.5 Å². The maximum atomic E-state index is 5.79. The zero-order valence-electron chi connectivity index (χ0n) is 14.4. The number of ether oxygens (including phenoxy) is 2. The van der Waals surface area contributed by atoms with Crippen LogP contribution in [0.15, 0.2) is 24.3 Å². The van der Waals surface area contributed by atoms with Gasteiger partial charge in [-0.15, -0.1) is 0 Å². The Morgan fingerprint density at radius 1 is 1.05 bits per heavy atom. The Bertz CT molecular complexity index is 410. The van der Waals surface area contributed by atoms with Crippen molar-refractivity contribution in [3.8, 4) is 11.5 Å². The van der Waals surface area contributed by atoms with Gasteiger partial charge in [-0.25, -0.2) is 0 Å². The molecule has 120 valence electrons. The first-order valence-corrected chi connectivity index (χ1v) is 7.87. The first kappa shape index (κ1) is 17.8. The Morgan fingerprint density at radius 2 is 1.67 bits per heavy atom. The maximum Gasteiger partial charge on any atom is 0.123 e. The molecule has 1 rings (SSSR count). The van der Waals surface area contributed by atoms with Crippen molar-refractivity contribution in [2.45, 2.75) is 47.6 Å². The Morgan fingerprint density at radius 3 is 2.24 bits per heavy atom. The molecule has 0 aliphatic heterocycles. The average Bonchev–Trinajstić information content (AvgIpc) is 2.40. The Hall–Kier alpha value is -1.22. The van der Waals surface area contributed by atoms with Crippen molar-refractivity contribution >= 4 is 0 Å². The molecular weight excluding hydrogens is 262 g/mol. The van der Waals surface area contributed by atoms with Crippen molar-refractivity contribution in [3.63, 3.8) is 0 Å². The van der Waals surface area contributed by atoms with Gasteiger partial charge >= 0.3 is 0 Å². The molecule has 1 aromatic rings.